The van der Waals surface area contributed by atoms with Gasteiger partial charge in [0.15, 0.2) is 11.6 Å². The van der Waals surface area contributed by atoms with Crippen molar-refractivity contribution in [3.05, 3.63) is 42.1 Å². The van der Waals surface area contributed by atoms with Crippen molar-refractivity contribution < 1.29 is 33.4 Å². The van der Waals surface area contributed by atoms with E-state index in [1.165, 1.54) is 11.0 Å². The van der Waals surface area contributed by atoms with E-state index in [0.717, 1.165) is 25.9 Å². The first-order valence-corrected chi connectivity index (χ1v) is 15.6. The van der Waals surface area contributed by atoms with Crippen LogP contribution in [0.4, 0.5) is 4.79 Å². The topological polar surface area (TPSA) is 161 Å². The Kier molecular flexibility index (Phi) is 11.8. The minimum atomic E-state index is -1.13. The van der Waals surface area contributed by atoms with Crippen molar-refractivity contribution in [2.75, 3.05) is 39.3 Å². The number of hydrogen-bond donors (Lipinski definition) is 3. The van der Waals surface area contributed by atoms with Crippen LogP contribution in [0.15, 0.2) is 36.4 Å². The number of hydrogen-bond acceptors (Lipinski definition) is 11. The van der Waals surface area contributed by atoms with Crippen LogP contribution in [0.25, 0.3) is 11.4 Å². The van der Waals surface area contributed by atoms with Gasteiger partial charge in [-0.05, 0) is 60.0 Å². The second kappa shape index (κ2) is 15.8. The number of benzene rings is 1. The van der Waals surface area contributed by atoms with Crippen LogP contribution in [-0.4, -0.2) is 102 Å². The van der Waals surface area contributed by atoms with E-state index in [4.69, 9.17) is 14.2 Å². The Morgan fingerprint density at radius 3 is 2.47 bits per heavy atom. The van der Waals surface area contributed by atoms with E-state index in [-0.39, 0.29) is 50.2 Å². The third-order valence-corrected chi connectivity index (χ3v) is 7.32. The van der Waals surface area contributed by atoms with E-state index in [1.807, 2.05) is 30.3 Å². The van der Waals surface area contributed by atoms with E-state index in [9.17, 15) is 19.2 Å². The molecule has 45 heavy (non-hydrogen) atoms. The SMILES string of the molecule is CCOC(=O)N1CCNCC1C(=O)C(CCC(=O)OC(C)(C)C)NC(=O)c1cc(OC2CCNCC2)nc(-c2ccccc2)n1. The summed E-state index contributed by atoms with van der Waals surface area (Å²) in [6.45, 7) is 9.65. The van der Waals surface area contributed by atoms with E-state index < -0.39 is 41.4 Å². The molecule has 2 amide bonds. The number of aromatic nitrogens is 2. The molecule has 13 nitrogen and oxygen atoms in total. The maximum Gasteiger partial charge on any atom is 0.410 e. The fourth-order valence-electron chi connectivity index (χ4n) is 5.19. The highest BCUT2D eigenvalue weighted by atomic mass is 16.6. The molecule has 3 heterocycles. The summed E-state index contributed by atoms with van der Waals surface area (Å²) in [5.74, 6) is -1.03. The van der Waals surface area contributed by atoms with Crippen LogP contribution in [0.1, 0.15) is 63.9 Å². The summed E-state index contributed by atoms with van der Waals surface area (Å²) >= 11 is 0. The molecule has 2 aliphatic heterocycles. The van der Waals surface area contributed by atoms with Crippen molar-refractivity contribution in [3.8, 4) is 17.3 Å². The largest absolute Gasteiger partial charge is 0.474 e. The zero-order chi connectivity index (χ0) is 32.4. The Bertz CT molecular complexity index is 1330. The fourth-order valence-corrected chi connectivity index (χ4v) is 5.19. The summed E-state index contributed by atoms with van der Waals surface area (Å²) < 4.78 is 16.8. The first-order valence-electron chi connectivity index (χ1n) is 15.6. The summed E-state index contributed by atoms with van der Waals surface area (Å²) in [6, 6.07) is 8.65. The number of piperidine rings is 1. The molecule has 1 aromatic heterocycles. The predicted molar refractivity (Wildman–Crippen MR) is 166 cm³/mol. The Morgan fingerprint density at radius 2 is 1.78 bits per heavy atom. The number of carbonyl (C=O) groups is 4. The maximum absolute atomic E-state index is 14.0. The number of ketones is 1. The monoisotopic (exact) mass is 624 g/mol. The predicted octanol–water partition coefficient (Wildman–Crippen LogP) is 2.49. The highest BCUT2D eigenvalue weighted by molar-refractivity contribution is 5.99. The lowest BCUT2D eigenvalue weighted by Gasteiger charge is -2.36. The van der Waals surface area contributed by atoms with Gasteiger partial charge in [-0.15, -0.1) is 0 Å². The molecule has 2 atom stereocenters. The second-order valence-corrected chi connectivity index (χ2v) is 12.0. The third-order valence-electron chi connectivity index (χ3n) is 7.32. The molecule has 2 aromatic rings. The molecule has 13 heteroatoms. The molecule has 0 aliphatic carbocycles. The van der Waals surface area contributed by atoms with Gasteiger partial charge in [0.25, 0.3) is 5.91 Å². The summed E-state index contributed by atoms with van der Waals surface area (Å²) in [7, 11) is 0. The normalized spacial score (nSPS) is 18.0. The standard InChI is InChI=1S/C32H44N6O7/c1-5-43-31(42)38-18-17-34-20-25(38)28(40)23(11-12-27(39)45-32(2,3)4)36-30(41)24-19-26(44-22-13-15-33-16-14-22)37-29(35-24)21-9-7-6-8-10-21/h6-10,19,22-23,25,33-34H,5,11-18,20H2,1-4H3,(H,36,41). The Morgan fingerprint density at radius 1 is 1.04 bits per heavy atom. The third kappa shape index (κ3) is 9.95. The quantitative estimate of drug-likeness (QED) is 0.315. The number of esters is 1. The van der Waals surface area contributed by atoms with Crippen molar-refractivity contribution in [2.24, 2.45) is 0 Å². The highest BCUT2D eigenvalue weighted by Gasteiger charge is 2.38. The van der Waals surface area contributed by atoms with E-state index in [2.05, 4.69) is 25.9 Å². The van der Waals surface area contributed by atoms with Crippen molar-refractivity contribution in [2.45, 2.75) is 77.2 Å². The van der Waals surface area contributed by atoms with Gasteiger partial charge in [0.1, 0.15) is 23.4 Å². The number of ether oxygens (including phenoxy) is 3. The van der Waals surface area contributed by atoms with Crippen molar-refractivity contribution in [1.82, 2.24) is 30.8 Å². The number of Topliss-reactive ketones (excluding diaryl/α,β-unsaturated/α-hetero) is 1. The van der Waals surface area contributed by atoms with E-state index in [0.29, 0.717) is 17.9 Å². The van der Waals surface area contributed by atoms with Gasteiger partial charge in [-0.3, -0.25) is 19.3 Å². The van der Waals surface area contributed by atoms with Gasteiger partial charge in [-0.1, -0.05) is 30.3 Å². The van der Waals surface area contributed by atoms with E-state index in [1.54, 1.807) is 27.7 Å². The van der Waals surface area contributed by atoms with Crippen molar-refractivity contribution in [1.29, 1.82) is 0 Å². The van der Waals surface area contributed by atoms with Gasteiger partial charge in [0.2, 0.25) is 5.88 Å². The lowest BCUT2D eigenvalue weighted by atomic mass is 9.98. The van der Waals surface area contributed by atoms with Gasteiger partial charge in [0.05, 0.1) is 12.6 Å². The van der Waals surface area contributed by atoms with Gasteiger partial charge < -0.3 is 30.2 Å². The molecule has 2 unspecified atom stereocenters. The van der Waals surface area contributed by atoms with Gasteiger partial charge in [-0.25, -0.2) is 9.78 Å². The summed E-state index contributed by atoms with van der Waals surface area (Å²) in [6.07, 6.45) is 0.729. The van der Waals surface area contributed by atoms with Crippen molar-refractivity contribution >= 4 is 23.8 Å². The number of rotatable bonds is 11. The van der Waals surface area contributed by atoms with Crippen LogP contribution in [0, 0.1) is 0 Å². The molecule has 2 saturated heterocycles. The van der Waals surface area contributed by atoms with Gasteiger partial charge in [0, 0.05) is 37.7 Å². The van der Waals surface area contributed by atoms with Gasteiger partial charge in [-0.2, -0.15) is 4.98 Å². The molecule has 0 radical (unpaired) electrons. The molecule has 0 saturated carbocycles. The molecule has 0 bridgehead atoms. The molecule has 1 aromatic carbocycles. The zero-order valence-electron chi connectivity index (χ0n) is 26.5. The summed E-state index contributed by atoms with van der Waals surface area (Å²) in [4.78, 5) is 63.6. The molecular weight excluding hydrogens is 580 g/mol. The van der Waals surface area contributed by atoms with Crippen LogP contribution in [0.5, 0.6) is 5.88 Å². The highest BCUT2D eigenvalue weighted by Crippen LogP contribution is 2.22. The number of carbonyl (C=O) groups excluding carboxylic acids is 4. The van der Waals surface area contributed by atoms with Crippen molar-refractivity contribution in [3.63, 3.8) is 0 Å². The molecule has 4 rings (SSSR count). The first kappa shape index (κ1) is 33.8. The van der Waals surface area contributed by atoms with Crippen LogP contribution >= 0.6 is 0 Å². The maximum atomic E-state index is 14.0. The average Bonchev–Trinajstić information content (AvgIpc) is 3.02. The summed E-state index contributed by atoms with van der Waals surface area (Å²) in [5.41, 5.74) is -0.0157. The van der Waals surface area contributed by atoms with Crippen LogP contribution in [0.2, 0.25) is 0 Å². The Labute approximate surface area is 263 Å². The van der Waals surface area contributed by atoms with Crippen LogP contribution < -0.4 is 20.7 Å². The molecule has 0 spiro atoms. The smallest absolute Gasteiger partial charge is 0.410 e. The Balaban J connectivity index is 1.61. The zero-order valence-corrected chi connectivity index (χ0v) is 26.5. The van der Waals surface area contributed by atoms with E-state index >= 15 is 0 Å². The molecule has 2 fully saturated rings. The van der Waals surface area contributed by atoms with Crippen LogP contribution in [-0.2, 0) is 19.1 Å². The number of amides is 2. The lowest BCUT2D eigenvalue weighted by molar-refractivity contribution is -0.155. The minimum absolute atomic E-state index is 0.00636. The number of nitrogens with one attached hydrogen (secondary N) is 3. The molecular formula is C32H44N6O7. The molecule has 244 valence electrons. The Hall–Kier alpha value is -4.10. The lowest BCUT2D eigenvalue weighted by Crippen LogP contribution is -2.61. The molecule has 3 N–H and O–H groups in total. The second-order valence-electron chi connectivity index (χ2n) is 12.0. The summed E-state index contributed by atoms with van der Waals surface area (Å²) in [5, 5.41) is 9.22. The average molecular weight is 625 g/mol. The minimum Gasteiger partial charge on any atom is -0.474 e. The molecule has 2 aliphatic rings. The fraction of sp³-hybridized carbons (Fsp3) is 0.562. The van der Waals surface area contributed by atoms with Gasteiger partial charge >= 0.3 is 12.1 Å². The first-order chi connectivity index (χ1) is 21.5. The number of piperazine rings is 1. The van der Waals surface area contributed by atoms with Crippen LogP contribution in [0.3, 0.4) is 0 Å². The number of nitrogens with zero attached hydrogens (tertiary/aromatic N) is 3.